The number of hydrogen-bond donors (Lipinski definition) is 0. The van der Waals surface area contributed by atoms with Crippen LogP contribution < -0.4 is 23.7 Å². The Labute approximate surface area is 326 Å². The van der Waals surface area contributed by atoms with Gasteiger partial charge < -0.3 is 33.2 Å². The average molecular weight is 751 g/mol. The zero-order chi connectivity index (χ0) is 38.5. The number of esters is 1. The molecule has 284 valence electrons. The van der Waals surface area contributed by atoms with Gasteiger partial charge in [-0.2, -0.15) is 0 Å². The zero-order valence-corrected chi connectivity index (χ0v) is 31.1. The van der Waals surface area contributed by atoms with Gasteiger partial charge in [-0.1, -0.05) is 121 Å². The van der Waals surface area contributed by atoms with Gasteiger partial charge in [-0.05, 0) is 46.9 Å². The standard InChI is InChI=1S/C47H42O9/c1-33-22-38(23-44(46(33)55-40-30-51-31-40)54-29-37-20-12-5-13-21-37)47(49)56-43-25-39(52-27-35-16-8-3-9-17-35)24-42(53-28-36-18-10-4-11-19-36)45(43)41(48)32-50-26-34-14-6-2-7-15-34/h2-25,40H,26-32H2,1H3. The van der Waals surface area contributed by atoms with Crippen LogP contribution in [0.1, 0.15) is 48.5 Å². The molecule has 0 radical (unpaired) electrons. The monoisotopic (exact) mass is 750 g/mol. The molecule has 0 amide bonds. The fourth-order valence-electron chi connectivity index (χ4n) is 5.96. The van der Waals surface area contributed by atoms with Gasteiger partial charge in [0.05, 0.1) is 25.4 Å². The Morgan fingerprint density at radius 2 is 1.09 bits per heavy atom. The number of Topliss-reactive ketones (excluding diaryl/α,β-unsaturated/α-hetero) is 1. The van der Waals surface area contributed by atoms with Crippen molar-refractivity contribution in [3.05, 3.63) is 185 Å². The van der Waals surface area contributed by atoms with Gasteiger partial charge in [-0.3, -0.25) is 4.79 Å². The number of ketones is 1. The molecule has 0 unspecified atom stereocenters. The lowest BCUT2D eigenvalue weighted by atomic mass is 10.1. The Morgan fingerprint density at radius 1 is 0.589 bits per heavy atom. The molecule has 0 aromatic heterocycles. The third kappa shape index (κ3) is 10.2. The summed E-state index contributed by atoms with van der Waals surface area (Å²) in [5.41, 5.74) is 4.60. The molecule has 0 bridgehead atoms. The van der Waals surface area contributed by atoms with Crippen LogP contribution in [0.15, 0.2) is 146 Å². The van der Waals surface area contributed by atoms with Crippen molar-refractivity contribution >= 4 is 11.8 Å². The second kappa shape index (κ2) is 18.8. The predicted molar refractivity (Wildman–Crippen MR) is 211 cm³/mol. The number of carbonyl (C=O) groups excluding carboxylic acids is 2. The van der Waals surface area contributed by atoms with Gasteiger partial charge in [0.2, 0.25) is 0 Å². The van der Waals surface area contributed by atoms with E-state index in [1.165, 1.54) is 6.07 Å². The average Bonchev–Trinajstić information content (AvgIpc) is 3.21. The van der Waals surface area contributed by atoms with Crippen LogP contribution in [0.4, 0.5) is 0 Å². The van der Waals surface area contributed by atoms with Gasteiger partial charge in [0.1, 0.15) is 55.3 Å². The minimum Gasteiger partial charge on any atom is -0.489 e. The van der Waals surface area contributed by atoms with E-state index < -0.39 is 11.8 Å². The summed E-state index contributed by atoms with van der Waals surface area (Å²) < 4.78 is 42.4. The largest absolute Gasteiger partial charge is 0.489 e. The predicted octanol–water partition coefficient (Wildman–Crippen LogP) is 9.13. The van der Waals surface area contributed by atoms with E-state index in [1.54, 1.807) is 18.2 Å². The van der Waals surface area contributed by atoms with Crippen molar-refractivity contribution in [1.29, 1.82) is 0 Å². The summed E-state index contributed by atoms with van der Waals surface area (Å²) in [6, 6.07) is 45.0. The number of carbonyl (C=O) groups is 2. The van der Waals surface area contributed by atoms with E-state index in [2.05, 4.69) is 0 Å². The molecule has 6 aromatic carbocycles. The highest BCUT2D eigenvalue weighted by Gasteiger charge is 2.27. The molecule has 0 saturated carbocycles. The Hall–Kier alpha value is -6.42. The molecule has 1 aliphatic rings. The fourth-order valence-corrected chi connectivity index (χ4v) is 5.96. The van der Waals surface area contributed by atoms with Crippen molar-refractivity contribution in [3.8, 4) is 28.7 Å². The summed E-state index contributed by atoms with van der Waals surface area (Å²) in [4.78, 5) is 28.3. The molecule has 6 aromatic rings. The third-order valence-corrected chi connectivity index (χ3v) is 8.96. The van der Waals surface area contributed by atoms with E-state index in [0.717, 1.165) is 22.3 Å². The molecule has 0 atom stereocenters. The number of ether oxygens (including phenoxy) is 7. The summed E-state index contributed by atoms with van der Waals surface area (Å²) in [6.45, 7) is 3.32. The van der Waals surface area contributed by atoms with Crippen molar-refractivity contribution in [2.24, 2.45) is 0 Å². The van der Waals surface area contributed by atoms with Crippen LogP contribution in [0.2, 0.25) is 0 Å². The van der Waals surface area contributed by atoms with Gasteiger partial charge in [-0.25, -0.2) is 4.79 Å². The van der Waals surface area contributed by atoms with Crippen molar-refractivity contribution in [2.75, 3.05) is 19.8 Å². The molecule has 9 heteroatoms. The van der Waals surface area contributed by atoms with Crippen molar-refractivity contribution in [3.63, 3.8) is 0 Å². The number of hydrogen-bond acceptors (Lipinski definition) is 9. The Morgan fingerprint density at radius 3 is 1.62 bits per heavy atom. The van der Waals surface area contributed by atoms with Crippen LogP contribution in [-0.4, -0.2) is 37.7 Å². The Bertz CT molecular complexity index is 2200. The summed E-state index contributed by atoms with van der Waals surface area (Å²) in [7, 11) is 0. The first-order chi connectivity index (χ1) is 27.5. The zero-order valence-electron chi connectivity index (χ0n) is 31.1. The normalized spacial score (nSPS) is 12.3. The second-order valence-electron chi connectivity index (χ2n) is 13.3. The quantitative estimate of drug-likeness (QED) is 0.0484. The molecule has 56 heavy (non-hydrogen) atoms. The summed E-state index contributed by atoms with van der Waals surface area (Å²) in [6.07, 6.45) is -0.129. The van der Waals surface area contributed by atoms with Gasteiger partial charge in [0.25, 0.3) is 0 Å². The van der Waals surface area contributed by atoms with Crippen LogP contribution in [0.3, 0.4) is 0 Å². The highest BCUT2D eigenvalue weighted by atomic mass is 16.6. The number of benzene rings is 6. The number of rotatable bonds is 18. The van der Waals surface area contributed by atoms with Crippen LogP contribution >= 0.6 is 0 Å². The molecule has 0 spiro atoms. The topological polar surface area (TPSA) is 98.8 Å². The van der Waals surface area contributed by atoms with E-state index >= 15 is 0 Å². The van der Waals surface area contributed by atoms with E-state index in [0.29, 0.717) is 36.0 Å². The van der Waals surface area contributed by atoms with Gasteiger partial charge in [-0.15, -0.1) is 0 Å². The molecule has 1 aliphatic heterocycles. The molecular weight excluding hydrogens is 709 g/mol. The van der Waals surface area contributed by atoms with Crippen LogP contribution in [-0.2, 0) is 35.9 Å². The summed E-state index contributed by atoms with van der Waals surface area (Å²) >= 11 is 0. The maximum absolute atomic E-state index is 14.2. The summed E-state index contributed by atoms with van der Waals surface area (Å²) in [5.74, 6) is 0.241. The second-order valence-corrected chi connectivity index (χ2v) is 13.3. The first-order valence-electron chi connectivity index (χ1n) is 18.4. The Kier molecular flexibility index (Phi) is 12.7. The highest BCUT2D eigenvalue weighted by Crippen LogP contribution is 2.38. The van der Waals surface area contributed by atoms with Crippen molar-refractivity contribution < 1.29 is 42.7 Å². The molecule has 0 N–H and O–H groups in total. The van der Waals surface area contributed by atoms with Crippen molar-refractivity contribution in [2.45, 2.75) is 39.5 Å². The lowest BCUT2D eigenvalue weighted by Gasteiger charge is -2.28. The lowest BCUT2D eigenvalue weighted by molar-refractivity contribution is -0.0807. The molecule has 9 nitrogen and oxygen atoms in total. The van der Waals surface area contributed by atoms with E-state index in [9.17, 15) is 9.59 Å². The fraction of sp³-hybridized carbons (Fsp3) is 0.191. The smallest absolute Gasteiger partial charge is 0.343 e. The molecule has 7 rings (SSSR count). The molecule has 1 heterocycles. The lowest BCUT2D eigenvalue weighted by Crippen LogP contribution is -2.38. The minimum atomic E-state index is -0.718. The maximum atomic E-state index is 14.2. The first-order valence-corrected chi connectivity index (χ1v) is 18.4. The van der Waals surface area contributed by atoms with Crippen LogP contribution in [0.25, 0.3) is 0 Å². The summed E-state index contributed by atoms with van der Waals surface area (Å²) in [5, 5.41) is 0. The molecule has 0 aliphatic carbocycles. The van der Waals surface area contributed by atoms with Gasteiger partial charge in [0.15, 0.2) is 17.3 Å². The Balaban J connectivity index is 1.22. The van der Waals surface area contributed by atoms with Crippen molar-refractivity contribution in [1.82, 2.24) is 0 Å². The van der Waals surface area contributed by atoms with E-state index in [1.807, 2.05) is 128 Å². The third-order valence-electron chi connectivity index (χ3n) is 8.96. The highest BCUT2D eigenvalue weighted by molar-refractivity contribution is 6.04. The van der Waals surface area contributed by atoms with Crippen LogP contribution in [0, 0.1) is 6.92 Å². The van der Waals surface area contributed by atoms with E-state index in [-0.39, 0.29) is 61.8 Å². The van der Waals surface area contributed by atoms with E-state index in [4.69, 9.17) is 33.2 Å². The molecular formula is C47H42O9. The maximum Gasteiger partial charge on any atom is 0.343 e. The molecule has 1 saturated heterocycles. The first kappa shape index (κ1) is 37.9. The van der Waals surface area contributed by atoms with Crippen LogP contribution in [0.5, 0.6) is 28.7 Å². The minimum absolute atomic E-state index is 0.0340. The number of aryl methyl sites for hydroxylation is 1. The van der Waals surface area contributed by atoms with Gasteiger partial charge >= 0.3 is 5.97 Å². The van der Waals surface area contributed by atoms with Gasteiger partial charge in [0, 0.05) is 12.1 Å². The molecule has 1 fully saturated rings. The SMILES string of the molecule is Cc1cc(C(=O)Oc2cc(OCc3ccccc3)cc(OCc3ccccc3)c2C(=O)COCc2ccccc2)cc(OCc2ccccc2)c1OC1COC1.